The van der Waals surface area contributed by atoms with E-state index in [2.05, 4.69) is 6.58 Å². The largest absolute Gasteiger partial charge is 0.451 e. The van der Waals surface area contributed by atoms with Crippen LogP contribution in [-0.2, 0) is 15.6 Å². The van der Waals surface area contributed by atoms with E-state index in [9.17, 15) is 22.2 Å². The third-order valence-corrected chi connectivity index (χ3v) is 4.42. The highest BCUT2D eigenvalue weighted by molar-refractivity contribution is 7.86. The highest BCUT2D eigenvalue weighted by Gasteiger charge is 2.45. The normalized spacial score (nSPS) is 14.6. The summed E-state index contributed by atoms with van der Waals surface area (Å²) in [5.74, 6) is -1.95. The fraction of sp³-hybridized carbons (Fsp3) is 0.357. The molecule has 0 amide bonds. The molecular formula is C14H15F3O2S. The zero-order valence-electron chi connectivity index (χ0n) is 10.9. The summed E-state index contributed by atoms with van der Waals surface area (Å²) in [6, 6.07) is 6.26. The van der Waals surface area contributed by atoms with Crippen molar-refractivity contribution >= 4 is 16.6 Å². The highest BCUT2D eigenvalue weighted by Crippen LogP contribution is 2.25. The Kier molecular flexibility index (Phi) is 5.68. The first-order valence-corrected chi connectivity index (χ1v) is 7.18. The first-order chi connectivity index (χ1) is 9.27. The maximum absolute atomic E-state index is 12.6. The van der Waals surface area contributed by atoms with E-state index in [-0.39, 0.29) is 17.7 Å². The molecule has 20 heavy (non-hydrogen) atoms. The van der Waals surface area contributed by atoms with E-state index in [1.165, 1.54) is 18.2 Å². The number of hydrogen-bond donors (Lipinski definition) is 0. The summed E-state index contributed by atoms with van der Waals surface area (Å²) < 4.78 is 49.9. The summed E-state index contributed by atoms with van der Waals surface area (Å²) in [6.45, 7) is 5.21. The van der Waals surface area contributed by atoms with Crippen molar-refractivity contribution in [2.24, 2.45) is 0 Å². The smallest absolute Gasteiger partial charge is 0.288 e. The third-order valence-electron chi connectivity index (χ3n) is 2.72. The van der Waals surface area contributed by atoms with Crippen molar-refractivity contribution in [3.8, 4) is 0 Å². The number of carbonyl (C=O) groups is 1. The van der Waals surface area contributed by atoms with Gasteiger partial charge in [0.15, 0.2) is 0 Å². The van der Waals surface area contributed by atoms with Crippen LogP contribution in [0.5, 0.6) is 0 Å². The number of alkyl halides is 3. The number of hydrogen-bond acceptors (Lipinski definition) is 2. The number of allylic oxidation sites excluding steroid dienone is 1. The molecular weight excluding hydrogens is 289 g/mol. The van der Waals surface area contributed by atoms with Crippen LogP contribution in [-0.4, -0.2) is 21.4 Å². The van der Waals surface area contributed by atoms with Crippen molar-refractivity contribution in [1.82, 2.24) is 0 Å². The summed E-state index contributed by atoms with van der Waals surface area (Å²) in [7, 11) is -2.02. The van der Waals surface area contributed by atoms with Gasteiger partial charge < -0.3 is 0 Å². The van der Waals surface area contributed by atoms with Crippen LogP contribution in [0.25, 0.3) is 0 Å². The van der Waals surface area contributed by atoms with Crippen LogP contribution >= 0.6 is 0 Å². The topological polar surface area (TPSA) is 34.1 Å². The molecule has 0 aliphatic rings. The lowest BCUT2D eigenvalue weighted by atomic mass is 10.1. The fourth-order valence-electron chi connectivity index (χ4n) is 1.62. The van der Waals surface area contributed by atoms with Gasteiger partial charge in [0, 0.05) is 4.90 Å². The molecule has 0 bridgehead atoms. The molecule has 0 radical (unpaired) electrons. The van der Waals surface area contributed by atoms with Gasteiger partial charge in [0.2, 0.25) is 0 Å². The molecule has 1 unspecified atom stereocenters. The molecule has 1 aromatic rings. The number of aryl methyl sites for hydroxylation is 1. The van der Waals surface area contributed by atoms with Crippen LogP contribution in [0, 0.1) is 6.92 Å². The van der Waals surface area contributed by atoms with E-state index in [1.54, 1.807) is 12.1 Å². The quantitative estimate of drug-likeness (QED) is 0.753. The standard InChI is InChI=1S/C14H15F3O2S/c1-3-4-5-12(13(18)14(15,16)17)20(19)11-8-6-10(2)7-9-11/h3,6-9,12H,1,4-5H2,2H3/t12?,20-/m0/s1. The summed E-state index contributed by atoms with van der Waals surface area (Å²) in [5, 5.41) is -1.59. The minimum absolute atomic E-state index is 0.137. The zero-order chi connectivity index (χ0) is 15.3. The molecule has 0 fully saturated rings. The molecule has 1 aromatic carbocycles. The Hall–Kier alpha value is -1.43. The third kappa shape index (κ3) is 4.30. The van der Waals surface area contributed by atoms with Crippen LogP contribution in [0.1, 0.15) is 18.4 Å². The SMILES string of the molecule is C=CCCC(C(=O)C(F)(F)F)[S@@](=O)c1ccc(C)cc1. The molecule has 0 aliphatic carbocycles. The summed E-state index contributed by atoms with van der Waals surface area (Å²) >= 11 is 0. The predicted molar refractivity (Wildman–Crippen MR) is 71.9 cm³/mol. The summed E-state index contributed by atoms with van der Waals surface area (Å²) in [5.41, 5.74) is 0.899. The molecule has 2 nitrogen and oxygen atoms in total. The molecule has 6 heteroatoms. The van der Waals surface area contributed by atoms with Gasteiger partial charge in [-0.2, -0.15) is 13.2 Å². The Morgan fingerprint density at radius 2 is 1.90 bits per heavy atom. The lowest BCUT2D eigenvalue weighted by molar-refractivity contribution is -0.170. The summed E-state index contributed by atoms with van der Waals surface area (Å²) in [4.78, 5) is 11.6. The van der Waals surface area contributed by atoms with Crippen LogP contribution in [0.15, 0.2) is 41.8 Å². The molecule has 0 saturated heterocycles. The van der Waals surface area contributed by atoms with Crippen LogP contribution in [0.3, 0.4) is 0 Å². The summed E-state index contributed by atoms with van der Waals surface area (Å²) in [6.07, 6.45) is -3.51. The van der Waals surface area contributed by atoms with Gasteiger partial charge in [-0.25, -0.2) is 0 Å². The lowest BCUT2D eigenvalue weighted by Gasteiger charge is -2.16. The average Bonchev–Trinajstić information content (AvgIpc) is 2.38. The molecule has 2 atom stereocenters. The van der Waals surface area contributed by atoms with Crippen LogP contribution < -0.4 is 0 Å². The average molecular weight is 304 g/mol. The van der Waals surface area contributed by atoms with Crippen molar-refractivity contribution in [3.63, 3.8) is 0 Å². The highest BCUT2D eigenvalue weighted by atomic mass is 32.2. The van der Waals surface area contributed by atoms with E-state index in [0.717, 1.165) is 5.56 Å². The number of ketones is 1. The fourth-order valence-corrected chi connectivity index (χ4v) is 3.03. The Bertz CT molecular complexity index is 506. The van der Waals surface area contributed by atoms with Crippen molar-refractivity contribution in [1.29, 1.82) is 0 Å². The second kappa shape index (κ2) is 6.83. The monoisotopic (exact) mass is 304 g/mol. The van der Waals surface area contributed by atoms with E-state index in [0.29, 0.717) is 0 Å². The van der Waals surface area contributed by atoms with E-state index in [1.807, 2.05) is 6.92 Å². The molecule has 0 saturated carbocycles. The van der Waals surface area contributed by atoms with E-state index < -0.39 is 28.0 Å². The minimum atomic E-state index is -4.98. The Morgan fingerprint density at radius 1 is 1.35 bits per heavy atom. The van der Waals surface area contributed by atoms with Crippen LogP contribution in [0.2, 0.25) is 0 Å². The van der Waals surface area contributed by atoms with Gasteiger partial charge in [-0.3, -0.25) is 9.00 Å². The second-order valence-electron chi connectivity index (χ2n) is 4.33. The van der Waals surface area contributed by atoms with Gasteiger partial charge in [0.25, 0.3) is 5.78 Å². The molecule has 0 spiro atoms. The Labute approximate surface area is 118 Å². The van der Waals surface area contributed by atoms with Gasteiger partial charge in [-0.05, 0) is 31.9 Å². The molecule has 110 valence electrons. The van der Waals surface area contributed by atoms with Crippen LogP contribution in [0.4, 0.5) is 13.2 Å². The number of halogens is 3. The molecule has 1 rings (SSSR count). The number of Topliss-reactive ketones (excluding diaryl/α,β-unsaturated/α-hetero) is 1. The molecule has 0 aromatic heterocycles. The van der Waals surface area contributed by atoms with E-state index in [4.69, 9.17) is 0 Å². The van der Waals surface area contributed by atoms with Gasteiger partial charge in [0.05, 0.1) is 10.8 Å². The lowest BCUT2D eigenvalue weighted by Crippen LogP contribution is -2.37. The maximum Gasteiger partial charge on any atom is 0.451 e. The van der Waals surface area contributed by atoms with Gasteiger partial charge in [-0.15, -0.1) is 6.58 Å². The van der Waals surface area contributed by atoms with E-state index >= 15 is 0 Å². The number of carbonyl (C=O) groups excluding carboxylic acids is 1. The molecule has 0 N–H and O–H groups in total. The van der Waals surface area contributed by atoms with Gasteiger partial charge in [0.1, 0.15) is 5.25 Å². The van der Waals surface area contributed by atoms with Gasteiger partial charge >= 0.3 is 6.18 Å². The Balaban J connectivity index is 3.04. The van der Waals surface area contributed by atoms with Crippen molar-refractivity contribution in [3.05, 3.63) is 42.5 Å². The van der Waals surface area contributed by atoms with Crippen molar-refractivity contribution in [2.75, 3.05) is 0 Å². The van der Waals surface area contributed by atoms with Gasteiger partial charge in [-0.1, -0.05) is 23.8 Å². The maximum atomic E-state index is 12.6. The molecule has 0 heterocycles. The van der Waals surface area contributed by atoms with Crippen molar-refractivity contribution in [2.45, 2.75) is 36.1 Å². The van der Waals surface area contributed by atoms with Crippen molar-refractivity contribution < 1.29 is 22.2 Å². The Morgan fingerprint density at radius 3 is 2.35 bits per heavy atom. The minimum Gasteiger partial charge on any atom is -0.288 e. The second-order valence-corrected chi connectivity index (χ2v) is 5.96. The molecule has 0 aliphatic heterocycles. The predicted octanol–water partition coefficient (Wildman–Crippen LogP) is 3.57. The number of rotatable bonds is 6. The first kappa shape index (κ1) is 16.6. The zero-order valence-corrected chi connectivity index (χ0v) is 11.8. The number of benzene rings is 1. The first-order valence-electron chi connectivity index (χ1n) is 5.96.